The van der Waals surface area contributed by atoms with Crippen LogP contribution in [0.1, 0.15) is 30.0 Å². The van der Waals surface area contributed by atoms with E-state index in [4.69, 9.17) is 4.74 Å². The largest absolute Gasteiger partial charge is 0.439 e. The maximum atomic E-state index is 5.90. The van der Waals surface area contributed by atoms with E-state index in [0.29, 0.717) is 5.88 Å². The Morgan fingerprint density at radius 3 is 2.85 bits per heavy atom. The standard InChI is InChI=1S/C17H22N2O/c1-4-9-18-12-15-8-10-19-17(11-15)20-16-7-5-6-13(2)14(16)3/h5-8,10-11,18H,4,9,12H2,1-3H3. The van der Waals surface area contributed by atoms with Gasteiger partial charge in [-0.2, -0.15) is 0 Å². The molecule has 0 aliphatic rings. The summed E-state index contributed by atoms with van der Waals surface area (Å²) in [5.41, 5.74) is 3.57. The van der Waals surface area contributed by atoms with Gasteiger partial charge >= 0.3 is 0 Å². The van der Waals surface area contributed by atoms with Crippen LogP contribution in [0.25, 0.3) is 0 Å². The van der Waals surface area contributed by atoms with Gasteiger partial charge in [-0.3, -0.25) is 0 Å². The van der Waals surface area contributed by atoms with Crippen molar-refractivity contribution in [1.82, 2.24) is 10.3 Å². The quantitative estimate of drug-likeness (QED) is 0.806. The zero-order valence-electron chi connectivity index (χ0n) is 12.4. The molecule has 3 nitrogen and oxygen atoms in total. The van der Waals surface area contributed by atoms with E-state index in [-0.39, 0.29) is 0 Å². The van der Waals surface area contributed by atoms with Crippen molar-refractivity contribution in [3.05, 3.63) is 53.2 Å². The molecule has 20 heavy (non-hydrogen) atoms. The Labute approximate surface area is 121 Å². The maximum Gasteiger partial charge on any atom is 0.219 e. The predicted molar refractivity (Wildman–Crippen MR) is 82.2 cm³/mol. The van der Waals surface area contributed by atoms with Gasteiger partial charge in [-0.1, -0.05) is 19.1 Å². The van der Waals surface area contributed by atoms with Gasteiger partial charge in [0.25, 0.3) is 0 Å². The molecule has 1 heterocycles. The average molecular weight is 270 g/mol. The molecule has 0 atom stereocenters. The number of pyridine rings is 1. The van der Waals surface area contributed by atoms with Gasteiger partial charge in [0, 0.05) is 18.8 Å². The summed E-state index contributed by atoms with van der Waals surface area (Å²) in [7, 11) is 0. The fraction of sp³-hybridized carbons (Fsp3) is 0.353. The zero-order valence-corrected chi connectivity index (χ0v) is 12.4. The summed E-state index contributed by atoms with van der Waals surface area (Å²) in [5, 5.41) is 3.38. The van der Waals surface area contributed by atoms with Crippen molar-refractivity contribution in [2.75, 3.05) is 6.54 Å². The Kier molecular flexibility index (Phi) is 5.13. The van der Waals surface area contributed by atoms with Crippen LogP contribution in [0.5, 0.6) is 11.6 Å². The van der Waals surface area contributed by atoms with Crippen molar-refractivity contribution in [3.8, 4) is 11.6 Å². The van der Waals surface area contributed by atoms with Gasteiger partial charge in [-0.15, -0.1) is 0 Å². The van der Waals surface area contributed by atoms with Crippen molar-refractivity contribution in [2.45, 2.75) is 33.7 Å². The van der Waals surface area contributed by atoms with Gasteiger partial charge in [0.2, 0.25) is 5.88 Å². The highest BCUT2D eigenvalue weighted by Crippen LogP contribution is 2.25. The van der Waals surface area contributed by atoms with Crippen molar-refractivity contribution in [3.63, 3.8) is 0 Å². The molecule has 2 rings (SSSR count). The normalized spacial score (nSPS) is 10.6. The highest BCUT2D eigenvalue weighted by atomic mass is 16.5. The number of hydrogen-bond donors (Lipinski definition) is 1. The van der Waals surface area contributed by atoms with Gasteiger partial charge in [-0.05, 0) is 55.6 Å². The minimum atomic E-state index is 0.648. The van der Waals surface area contributed by atoms with Crippen LogP contribution >= 0.6 is 0 Å². The van der Waals surface area contributed by atoms with Gasteiger partial charge in [0.1, 0.15) is 5.75 Å². The van der Waals surface area contributed by atoms with Crippen molar-refractivity contribution in [2.24, 2.45) is 0 Å². The van der Waals surface area contributed by atoms with Crippen LogP contribution in [-0.2, 0) is 6.54 Å². The molecule has 1 aromatic carbocycles. The van der Waals surface area contributed by atoms with Crippen LogP contribution in [0.3, 0.4) is 0 Å². The molecule has 1 N–H and O–H groups in total. The summed E-state index contributed by atoms with van der Waals surface area (Å²) in [5.74, 6) is 1.52. The number of aromatic nitrogens is 1. The van der Waals surface area contributed by atoms with Gasteiger partial charge in [-0.25, -0.2) is 4.98 Å². The van der Waals surface area contributed by atoms with E-state index in [1.165, 1.54) is 11.1 Å². The predicted octanol–water partition coefficient (Wildman–Crippen LogP) is 3.99. The van der Waals surface area contributed by atoms with E-state index in [2.05, 4.69) is 37.1 Å². The molecule has 2 aromatic rings. The minimum absolute atomic E-state index is 0.648. The van der Waals surface area contributed by atoms with E-state index < -0.39 is 0 Å². The third kappa shape index (κ3) is 3.81. The number of hydrogen-bond acceptors (Lipinski definition) is 3. The lowest BCUT2D eigenvalue weighted by atomic mass is 10.1. The van der Waals surface area contributed by atoms with Crippen LogP contribution < -0.4 is 10.1 Å². The first-order valence-corrected chi connectivity index (χ1v) is 7.10. The molecular weight excluding hydrogens is 248 g/mol. The van der Waals surface area contributed by atoms with Crippen LogP contribution in [0.15, 0.2) is 36.5 Å². The molecule has 0 bridgehead atoms. The summed E-state index contributed by atoms with van der Waals surface area (Å²) in [6, 6.07) is 10.1. The molecule has 0 spiro atoms. The molecule has 0 amide bonds. The third-order valence-corrected chi connectivity index (χ3v) is 3.32. The maximum absolute atomic E-state index is 5.90. The second-order valence-electron chi connectivity index (χ2n) is 4.98. The molecule has 0 aliphatic carbocycles. The molecule has 0 unspecified atom stereocenters. The number of benzene rings is 1. The molecule has 0 saturated heterocycles. The van der Waals surface area contributed by atoms with Crippen LogP contribution in [0.2, 0.25) is 0 Å². The van der Waals surface area contributed by atoms with E-state index in [9.17, 15) is 0 Å². The number of ether oxygens (including phenoxy) is 1. The topological polar surface area (TPSA) is 34.2 Å². The van der Waals surface area contributed by atoms with Crippen LogP contribution in [-0.4, -0.2) is 11.5 Å². The lowest BCUT2D eigenvalue weighted by molar-refractivity contribution is 0.458. The molecule has 0 aliphatic heterocycles. The Morgan fingerprint density at radius 1 is 1.20 bits per heavy atom. The molecule has 0 fully saturated rings. The first kappa shape index (κ1) is 14.5. The van der Waals surface area contributed by atoms with Gasteiger partial charge in [0.15, 0.2) is 0 Å². The zero-order chi connectivity index (χ0) is 14.4. The molecule has 106 valence electrons. The number of rotatable bonds is 6. The average Bonchev–Trinajstić information content (AvgIpc) is 2.45. The van der Waals surface area contributed by atoms with E-state index >= 15 is 0 Å². The number of nitrogens with one attached hydrogen (secondary N) is 1. The summed E-state index contributed by atoms with van der Waals surface area (Å²) >= 11 is 0. The van der Waals surface area contributed by atoms with Gasteiger partial charge in [0.05, 0.1) is 0 Å². The second kappa shape index (κ2) is 7.06. The van der Waals surface area contributed by atoms with Crippen molar-refractivity contribution in [1.29, 1.82) is 0 Å². The molecule has 3 heteroatoms. The summed E-state index contributed by atoms with van der Waals surface area (Å²) < 4.78 is 5.90. The monoisotopic (exact) mass is 270 g/mol. The van der Waals surface area contributed by atoms with E-state index in [0.717, 1.165) is 30.8 Å². The lowest BCUT2D eigenvalue weighted by Crippen LogP contribution is -2.13. The summed E-state index contributed by atoms with van der Waals surface area (Å²) in [6.07, 6.45) is 2.93. The van der Waals surface area contributed by atoms with E-state index in [1.807, 2.05) is 24.3 Å². The summed E-state index contributed by atoms with van der Waals surface area (Å²) in [4.78, 5) is 4.28. The SMILES string of the molecule is CCCNCc1ccnc(Oc2cccc(C)c2C)c1. The first-order valence-electron chi connectivity index (χ1n) is 7.10. The molecule has 0 radical (unpaired) electrons. The Bertz CT molecular complexity index is 567. The Morgan fingerprint density at radius 2 is 2.05 bits per heavy atom. The highest BCUT2D eigenvalue weighted by molar-refractivity contribution is 5.40. The third-order valence-electron chi connectivity index (χ3n) is 3.32. The summed E-state index contributed by atoms with van der Waals surface area (Å²) in [6.45, 7) is 8.18. The van der Waals surface area contributed by atoms with E-state index in [1.54, 1.807) is 6.20 Å². The molecular formula is C17H22N2O. The lowest BCUT2D eigenvalue weighted by Gasteiger charge is -2.10. The Hall–Kier alpha value is -1.87. The van der Waals surface area contributed by atoms with Crippen molar-refractivity contribution >= 4 is 0 Å². The molecule has 0 saturated carbocycles. The highest BCUT2D eigenvalue weighted by Gasteiger charge is 2.05. The number of nitrogens with zero attached hydrogens (tertiary/aromatic N) is 1. The van der Waals surface area contributed by atoms with Crippen LogP contribution in [0, 0.1) is 13.8 Å². The minimum Gasteiger partial charge on any atom is -0.439 e. The fourth-order valence-electron chi connectivity index (χ4n) is 1.97. The van der Waals surface area contributed by atoms with Gasteiger partial charge < -0.3 is 10.1 Å². The fourth-order valence-corrected chi connectivity index (χ4v) is 1.97. The number of aryl methyl sites for hydroxylation is 1. The first-order chi connectivity index (χ1) is 9.70. The second-order valence-corrected chi connectivity index (χ2v) is 4.98. The Balaban J connectivity index is 2.09. The van der Waals surface area contributed by atoms with Crippen LogP contribution in [0.4, 0.5) is 0 Å². The molecule has 1 aromatic heterocycles. The van der Waals surface area contributed by atoms with Crippen molar-refractivity contribution < 1.29 is 4.74 Å². The smallest absolute Gasteiger partial charge is 0.219 e.